The first-order chi connectivity index (χ1) is 12.0. The molecule has 0 saturated carbocycles. The van der Waals surface area contributed by atoms with E-state index in [2.05, 4.69) is 57.8 Å². The molecular formula is C19H25Cl4N2Ti-. The van der Waals surface area contributed by atoms with Gasteiger partial charge < -0.3 is 5.32 Å². The van der Waals surface area contributed by atoms with Crippen LogP contribution in [-0.4, -0.2) is 4.98 Å². The average Bonchev–Trinajstić information content (AvgIpc) is 2.53. The Bertz CT molecular complexity index is 641. The van der Waals surface area contributed by atoms with Crippen molar-refractivity contribution in [1.29, 1.82) is 0 Å². The zero-order chi connectivity index (χ0) is 19.9. The molecular weight excluding hydrogens is 446 g/mol. The maximum atomic E-state index is 5.01. The molecule has 1 aromatic carbocycles. The van der Waals surface area contributed by atoms with Gasteiger partial charge in [-0.1, -0.05) is 76.1 Å². The Morgan fingerprint density at radius 1 is 0.808 bits per heavy atom. The Hall–Kier alpha value is 0.0443. The van der Waals surface area contributed by atoms with Crippen LogP contribution in [0.2, 0.25) is 0 Å². The summed E-state index contributed by atoms with van der Waals surface area (Å²) in [4.78, 5) is 4.43. The van der Waals surface area contributed by atoms with Crippen LogP contribution in [0, 0.1) is 0 Å². The summed E-state index contributed by atoms with van der Waals surface area (Å²) in [6.45, 7) is 11.0. The molecule has 0 amide bonds. The fourth-order valence-corrected chi connectivity index (χ4v) is 2.54. The molecule has 2 rings (SSSR count). The van der Waals surface area contributed by atoms with Crippen LogP contribution in [0.25, 0.3) is 5.32 Å². The minimum atomic E-state index is -3.11. The van der Waals surface area contributed by atoms with Crippen LogP contribution >= 0.6 is 37.2 Å². The number of nitrogens with zero attached hydrogens (tertiary/aromatic N) is 2. The van der Waals surface area contributed by atoms with Gasteiger partial charge in [-0.05, 0) is 24.0 Å². The van der Waals surface area contributed by atoms with E-state index < -0.39 is 12.3 Å². The molecule has 26 heavy (non-hydrogen) atoms. The van der Waals surface area contributed by atoms with E-state index in [4.69, 9.17) is 42.5 Å². The number of hydrogen-bond donors (Lipinski definition) is 0. The van der Waals surface area contributed by atoms with Crippen molar-refractivity contribution in [3.05, 3.63) is 64.7 Å². The summed E-state index contributed by atoms with van der Waals surface area (Å²) in [7, 11) is 20.1. The summed E-state index contributed by atoms with van der Waals surface area (Å²) in [5, 5.41) is 5.01. The van der Waals surface area contributed by atoms with Crippen LogP contribution in [0.5, 0.6) is 0 Å². The predicted molar refractivity (Wildman–Crippen MR) is 114 cm³/mol. The van der Waals surface area contributed by atoms with Gasteiger partial charge >= 0.3 is 49.6 Å². The first-order valence-corrected chi connectivity index (χ1v) is 17.1. The monoisotopic (exact) mass is 469 g/mol. The summed E-state index contributed by atoms with van der Waals surface area (Å²) in [6, 6.07) is 12.6. The van der Waals surface area contributed by atoms with E-state index in [1.807, 2.05) is 24.4 Å². The molecule has 2 nitrogen and oxygen atoms in total. The normalized spacial score (nSPS) is 12.6. The van der Waals surface area contributed by atoms with Crippen molar-refractivity contribution < 1.29 is 12.3 Å². The molecule has 0 aliphatic carbocycles. The van der Waals surface area contributed by atoms with Gasteiger partial charge in [0, 0.05) is 11.9 Å². The predicted octanol–water partition coefficient (Wildman–Crippen LogP) is 8.85. The zero-order valence-corrected chi connectivity index (χ0v) is 20.3. The van der Waals surface area contributed by atoms with Crippen molar-refractivity contribution in [2.45, 2.75) is 52.5 Å². The van der Waals surface area contributed by atoms with Gasteiger partial charge in [0.2, 0.25) is 0 Å². The molecule has 0 spiro atoms. The number of pyridine rings is 1. The van der Waals surface area contributed by atoms with E-state index in [0.29, 0.717) is 11.8 Å². The third-order valence-corrected chi connectivity index (χ3v) is 3.78. The molecule has 2 aromatic rings. The van der Waals surface area contributed by atoms with Gasteiger partial charge in [0.1, 0.15) is 0 Å². The summed E-state index contributed by atoms with van der Waals surface area (Å²) < 4.78 is 0. The van der Waals surface area contributed by atoms with E-state index in [-0.39, 0.29) is 6.04 Å². The quantitative estimate of drug-likeness (QED) is 0.401. The van der Waals surface area contributed by atoms with E-state index in [9.17, 15) is 0 Å². The molecule has 0 aliphatic rings. The average molecular weight is 471 g/mol. The summed E-state index contributed by atoms with van der Waals surface area (Å²) in [6.07, 6.45) is 1.83. The van der Waals surface area contributed by atoms with Crippen molar-refractivity contribution in [3.8, 4) is 0 Å². The number of halogens is 4. The molecule has 1 atom stereocenters. The number of hydrogen-bond acceptors (Lipinski definition) is 1. The molecule has 144 valence electrons. The molecule has 0 radical (unpaired) electrons. The first kappa shape index (κ1) is 24.1. The molecule has 0 bridgehead atoms. The SMILES string of the molecule is CC(C)c1cccc(C(C)C)c1[N-]C(C)c1ccccn1.[Cl][Ti]([Cl])([Cl])[Cl]. The Labute approximate surface area is 176 Å². The van der Waals surface area contributed by atoms with Gasteiger partial charge in [-0.25, -0.2) is 0 Å². The Morgan fingerprint density at radius 3 is 1.69 bits per heavy atom. The first-order valence-electron chi connectivity index (χ1n) is 8.51. The van der Waals surface area contributed by atoms with Crippen LogP contribution in [-0.2, 0) is 12.3 Å². The topological polar surface area (TPSA) is 27.0 Å². The Morgan fingerprint density at radius 2 is 1.31 bits per heavy atom. The summed E-state index contributed by atoms with van der Waals surface area (Å²) >= 11 is -3.11. The summed E-state index contributed by atoms with van der Waals surface area (Å²) in [5.41, 5.74) is 4.82. The van der Waals surface area contributed by atoms with Crippen LogP contribution in [0.15, 0.2) is 42.6 Å². The fraction of sp³-hybridized carbons (Fsp3) is 0.421. The maximum absolute atomic E-state index is 5.01. The molecule has 1 aromatic heterocycles. The minimum absolute atomic E-state index is 0.0728. The van der Waals surface area contributed by atoms with Crippen molar-refractivity contribution in [3.63, 3.8) is 0 Å². The van der Waals surface area contributed by atoms with E-state index >= 15 is 0 Å². The summed E-state index contributed by atoms with van der Waals surface area (Å²) in [5.74, 6) is 0.941. The Kier molecular flexibility index (Phi) is 10.3. The molecule has 0 fully saturated rings. The molecule has 0 saturated heterocycles. The standard InChI is InChI=1S/C19H25N2.4ClH.Ti/c1-13(2)16-9-8-10-17(14(3)4)19(16)21-15(5)18-11-6-7-12-20-18;;;;;/h6-15H,1-5H3;4*1H;/q-1;;;;;+4/p-4. The van der Waals surface area contributed by atoms with E-state index in [1.54, 1.807) is 0 Å². The van der Waals surface area contributed by atoms with Crippen molar-refractivity contribution in [1.82, 2.24) is 4.98 Å². The van der Waals surface area contributed by atoms with Crippen molar-refractivity contribution >= 4 is 42.9 Å². The number of benzene rings is 1. The van der Waals surface area contributed by atoms with Gasteiger partial charge in [-0.3, -0.25) is 4.98 Å². The van der Waals surface area contributed by atoms with Gasteiger partial charge in [0.05, 0.1) is 0 Å². The molecule has 0 aliphatic heterocycles. The third-order valence-electron chi connectivity index (χ3n) is 3.78. The molecule has 7 heteroatoms. The Balaban J connectivity index is 0.000000597. The molecule has 1 heterocycles. The van der Waals surface area contributed by atoms with Crippen LogP contribution in [0.4, 0.5) is 5.69 Å². The number of aromatic nitrogens is 1. The van der Waals surface area contributed by atoms with Crippen molar-refractivity contribution in [2.24, 2.45) is 0 Å². The van der Waals surface area contributed by atoms with Crippen LogP contribution in [0.1, 0.15) is 69.3 Å². The van der Waals surface area contributed by atoms with Gasteiger partial charge in [0.25, 0.3) is 0 Å². The van der Waals surface area contributed by atoms with E-state index in [1.165, 1.54) is 11.1 Å². The zero-order valence-electron chi connectivity index (χ0n) is 15.7. The number of para-hydroxylation sites is 1. The van der Waals surface area contributed by atoms with Crippen LogP contribution < -0.4 is 0 Å². The second-order valence-corrected chi connectivity index (χ2v) is 22.1. The van der Waals surface area contributed by atoms with E-state index in [0.717, 1.165) is 11.4 Å². The van der Waals surface area contributed by atoms with Gasteiger partial charge in [0.15, 0.2) is 0 Å². The van der Waals surface area contributed by atoms with Crippen LogP contribution in [0.3, 0.4) is 0 Å². The fourth-order valence-electron chi connectivity index (χ4n) is 2.54. The number of rotatable bonds is 5. The van der Waals surface area contributed by atoms with Gasteiger partial charge in [-0.15, -0.1) is 5.69 Å². The van der Waals surface area contributed by atoms with Gasteiger partial charge in [-0.2, -0.15) is 0 Å². The second kappa shape index (κ2) is 11.1. The second-order valence-electron chi connectivity index (χ2n) is 6.58. The van der Waals surface area contributed by atoms with Crippen molar-refractivity contribution in [2.75, 3.05) is 0 Å². The molecule has 1 unspecified atom stereocenters. The third kappa shape index (κ3) is 8.82. The molecule has 0 N–H and O–H groups in total.